The highest BCUT2D eigenvalue weighted by atomic mass is 31.2. The molecule has 0 saturated carbocycles. The number of hydrogen-bond donors (Lipinski definition) is 4. The Morgan fingerprint density at radius 3 is 3.00 bits per heavy atom. The van der Waals surface area contributed by atoms with Crippen molar-refractivity contribution in [3.63, 3.8) is 0 Å². The van der Waals surface area contributed by atoms with Gasteiger partial charge in [0.2, 0.25) is 11.8 Å². The second-order valence-electron chi connectivity index (χ2n) is 3.88. The summed E-state index contributed by atoms with van der Waals surface area (Å²) in [5, 5.41) is 16.2. The molecule has 0 bridgehead atoms. The first-order chi connectivity index (χ1) is 8.55. The number of nitrogens with zero attached hydrogens (tertiary/aromatic N) is 5. The molecule has 0 saturated heterocycles. The lowest BCUT2D eigenvalue weighted by atomic mass is 10.3. The predicted molar refractivity (Wildman–Crippen MR) is 59.6 cm³/mol. The second-order valence-corrected chi connectivity index (χ2v) is 5.65. The fourth-order valence-electron chi connectivity index (χ4n) is 1.91. The number of H-pyrrole nitrogens is 1. The molecule has 1 aliphatic rings. The highest BCUT2D eigenvalue weighted by Crippen LogP contribution is 2.53. The summed E-state index contributed by atoms with van der Waals surface area (Å²) in [6.07, 6.45) is 1.84. The first-order valence-electron chi connectivity index (χ1n) is 5.17. The minimum absolute atomic E-state index is 0.281. The van der Waals surface area contributed by atoms with Crippen LogP contribution in [-0.2, 0) is 4.57 Å². The monoisotopic (exact) mass is 271 g/mol. The van der Waals surface area contributed by atoms with E-state index < -0.39 is 13.4 Å². The number of anilines is 1. The van der Waals surface area contributed by atoms with E-state index in [0.29, 0.717) is 24.6 Å². The molecule has 1 unspecified atom stereocenters. The van der Waals surface area contributed by atoms with Gasteiger partial charge in [0.25, 0.3) is 0 Å². The van der Waals surface area contributed by atoms with Gasteiger partial charge < -0.3 is 19.7 Å². The van der Waals surface area contributed by atoms with Crippen LogP contribution in [0.1, 0.15) is 12.2 Å². The second kappa shape index (κ2) is 3.87. The average Bonchev–Trinajstić information content (AvgIpc) is 2.95. The van der Waals surface area contributed by atoms with Crippen LogP contribution in [0.15, 0.2) is 6.20 Å². The zero-order valence-electron chi connectivity index (χ0n) is 9.05. The molecule has 1 atom stereocenters. The molecular weight excluding hydrogens is 261 g/mol. The fourth-order valence-corrected chi connectivity index (χ4v) is 2.88. The topological polar surface area (TPSA) is 142 Å². The molecule has 2 aromatic heterocycles. The summed E-state index contributed by atoms with van der Waals surface area (Å²) in [7, 11) is -4.22. The van der Waals surface area contributed by atoms with Gasteiger partial charge in [-0.2, -0.15) is 5.21 Å². The van der Waals surface area contributed by atoms with Crippen molar-refractivity contribution in [3.8, 4) is 11.5 Å². The lowest BCUT2D eigenvalue weighted by Gasteiger charge is -2.26. The maximum Gasteiger partial charge on any atom is 0.348 e. The molecule has 0 aromatic carbocycles. The van der Waals surface area contributed by atoms with Crippen LogP contribution in [0, 0.1) is 0 Å². The van der Waals surface area contributed by atoms with E-state index in [9.17, 15) is 14.4 Å². The van der Waals surface area contributed by atoms with E-state index in [0.717, 1.165) is 0 Å². The molecule has 3 heterocycles. The van der Waals surface area contributed by atoms with E-state index >= 15 is 0 Å². The highest BCUT2D eigenvalue weighted by molar-refractivity contribution is 7.51. The Kier molecular flexibility index (Phi) is 2.44. The first kappa shape index (κ1) is 11.3. The Bertz CT molecular complexity index is 603. The van der Waals surface area contributed by atoms with Gasteiger partial charge in [-0.3, -0.25) is 4.57 Å². The van der Waals surface area contributed by atoms with Crippen LogP contribution in [0.4, 0.5) is 5.95 Å². The number of rotatable bonds is 2. The van der Waals surface area contributed by atoms with Crippen LogP contribution in [0.2, 0.25) is 0 Å². The van der Waals surface area contributed by atoms with Crippen LogP contribution >= 0.6 is 7.60 Å². The van der Waals surface area contributed by atoms with Gasteiger partial charge in [-0.05, 0) is 11.6 Å². The zero-order valence-corrected chi connectivity index (χ0v) is 9.95. The zero-order chi connectivity index (χ0) is 12.8. The molecule has 0 fully saturated rings. The van der Waals surface area contributed by atoms with Gasteiger partial charge in [0.15, 0.2) is 0 Å². The smallest absolute Gasteiger partial charge is 0.348 e. The number of imidazole rings is 1. The molecule has 10 nitrogen and oxygen atoms in total. The molecule has 18 heavy (non-hydrogen) atoms. The van der Waals surface area contributed by atoms with Crippen molar-refractivity contribution in [2.75, 3.05) is 11.9 Å². The van der Waals surface area contributed by atoms with Crippen molar-refractivity contribution in [1.29, 1.82) is 0 Å². The first-order valence-corrected chi connectivity index (χ1v) is 6.85. The molecule has 96 valence electrons. The number of nitrogens with one attached hydrogen (secondary N) is 2. The Morgan fingerprint density at radius 1 is 1.50 bits per heavy atom. The molecule has 11 heteroatoms. The maximum atomic E-state index is 11.4. The maximum absolute atomic E-state index is 11.4. The summed E-state index contributed by atoms with van der Waals surface area (Å²) in [6.45, 7) is 0.457. The normalized spacial score (nSPS) is 19.3. The molecule has 3 rings (SSSR count). The summed E-state index contributed by atoms with van der Waals surface area (Å²) in [5.74, 6) is -0.223. The molecule has 1 aliphatic heterocycles. The summed E-state index contributed by atoms with van der Waals surface area (Å²) in [5.41, 5.74) is 0.409. The summed E-state index contributed by atoms with van der Waals surface area (Å²) in [6, 6.07) is 0. The number of aromatic amines is 1. The highest BCUT2D eigenvalue weighted by Gasteiger charge is 2.35. The molecular formula is C7H10N7O3P. The molecule has 2 aromatic rings. The Morgan fingerprint density at radius 2 is 2.33 bits per heavy atom. The van der Waals surface area contributed by atoms with Gasteiger partial charge in [-0.15, -0.1) is 10.2 Å². The van der Waals surface area contributed by atoms with Crippen molar-refractivity contribution < 1.29 is 14.4 Å². The Balaban J connectivity index is 2.06. The van der Waals surface area contributed by atoms with Crippen LogP contribution in [0.3, 0.4) is 0 Å². The quantitative estimate of drug-likeness (QED) is 0.538. The minimum Gasteiger partial charge on any atom is -0.356 e. The minimum atomic E-state index is -4.22. The Labute approximate surface area is 101 Å². The van der Waals surface area contributed by atoms with Crippen LogP contribution < -0.4 is 5.32 Å². The lowest BCUT2D eigenvalue weighted by Crippen LogP contribution is -2.22. The molecule has 0 radical (unpaired) electrons. The van der Waals surface area contributed by atoms with Crippen molar-refractivity contribution in [3.05, 3.63) is 6.20 Å². The lowest BCUT2D eigenvalue weighted by molar-refractivity contribution is 0.334. The molecule has 4 N–H and O–H groups in total. The van der Waals surface area contributed by atoms with Gasteiger partial charge in [0.1, 0.15) is 11.5 Å². The van der Waals surface area contributed by atoms with E-state index in [1.165, 1.54) is 10.8 Å². The average molecular weight is 271 g/mol. The van der Waals surface area contributed by atoms with Gasteiger partial charge in [0.05, 0.1) is 0 Å². The van der Waals surface area contributed by atoms with Gasteiger partial charge in [-0.25, -0.2) is 4.98 Å². The van der Waals surface area contributed by atoms with E-state index in [-0.39, 0.29) is 5.82 Å². The Hall–Kier alpha value is -1.77. The van der Waals surface area contributed by atoms with Crippen LogP contribution in [-0.4, -0.2) is 46.5 Å². The number of fused-ring (bicyclic) bond motifs is 1. The predicted octanol–water partition coefficient (Wildman–Crippen LogP) is -0.445. The van der Waals surface area contributed by atoms with Crippen molar-refractivity contribution >= 4 is 13.5 Å². The molecule has 0 spiro atoms. The van der Waals surface area contributed by atoms with Crippen LogP contribution in [0.25, 0.3) is 11.5 Å². The standard InChI is InChI=1S/C7H10N7O3P/c15-18(16,17)5-1-2-8-7-9-4(3-14(5)7)6-10-12-13-11-6/h3,5H,1-2H2,(H,8,9)(H2,15,16,17)(H,10,11,12,13). The third-order valence-corrected chi connectivity index (χ3v) is 3.99. The number of tetrazole rings is 1. The van der Waals surface area contributed by atoms with Gasteiger partial charge in [-0.1, -0.05) is 0 Å². The van der Waals surface area contributed by atoms with E-state index in [1.807, 2.05) is 0 Å². The third kappa shape index (κ3) is 1.80. The SMILES string of the molecule is O=P(O)(O)C1CCNc2nc(-c3nn[nH]n3)cn21. The summed E-state index contributed by atoms with van der Waals surface area (Å²) >= 11 is 0. The van der Waals surface area contributed by atoms with E-state index in [4.69, 9.17) is 0 Å². The summed E-state index contributed by atoms with van der Waals surface area (Å²) in [4.78, 5) is 22.8. The molecule has 0 aliphatic carbocycles. The van der Waals surface area contributed by atoms with Crippen molar-refractivity contribution in [2.45, 2.75) is 12.2 Å². The van der Waals surface area contributed by atoms with Crippen molar-refractivity contribution in [2.24, 2.45) is 0 Å². The van der Waals surface area contributed by atoms with Gasteiger partial charge in [0, 0.05) is 12.7 Å². The number of hydrogen-bond acceptors (Lipinski definition) is 6. The molecule has 0 amide bonds. The van der Waals surface area contributed by atoms with Crippen LogP contribution in [0.5, 0.6) is 0 Å². The van der Waals surface area contributed by atoms with E-state index in [2.05, 4.69) is 30.9 Å². The summed E-state index contributed by atoms with van der Waals surface area (Å²) < 4.78 is 12.8. The fraction of sp³-hybridized carbons (Fsp3) is 0.429. The van der Waals surface area contributed by atoms with Gasteiger partial charge >= 0.3 is 7.60 Å². The van der Waals surface area contributed by atoms with E-state index in [1.54, 1.807) is 0 Å². The number of aromatic nitrogens is 6. The largest absolute Gasteiger partial charge is 0.356 e. The van der Waals surface area contributed by atoms with Crippen molar-refractivity contribution in [1.82, 2.24) is 30.2 Å². The third-order valence-electron chi connectivity index (χ3n) is 2.70.